The van der Waals surface area contributed by atoms with Crippen molar-refractivity contribution in [3.8, 4) is 0 Å². The molecule has 74 valence electrons. The van der Waals surface area contributed by atoms with Crippen LogP contribution in [0.1, 0.15) is 17.6 Å². The van der Waals surface area contributed by atoms with Gasteiger partial charge in [0, 0.05) is 24.8 Å². The third kappa shape index (κ3) is 1.50. The van der Waals surface area contributed by atoms with E-state index >= 15 is 0 Å². The standard InChI is InChI=1S/C11H11F2N/c1-14-6-2-3-8-4-5-9(11(12)13)7-10(8)14/h2-5,7,11H,6H2,1H3. The maximum absolute atomic E-state index is 12.4. The summed E-state index contributed by atoms with van der Waals surface area (Å²) in [5, 5.41) is 0. The van der Waals surface area contributed by atoms with Gasteiger partial charge in [0.05, 0.1) is 0 Å². The molecular formula is C11H11F2N. The van der Waals surface area contributed by atoms with Gasteiger partial charge in [0.25, 0.3) is 6.43 Å². The quantitative estimate of drug-likeness (QED) is 0.665. The molecule has 0 saturated heterocycles. The normalized spacial score (nSPS) is 14.7. The van der Waals surface area contributed by atoms with Gasteiger partial charge in [0.1, 0.15) is 0 Å². The van der Waals surface area contributed by atoms with Crippen LogP contribution in [0.25, 0.3) is 6.08 Å². The number of likely N-dealkylation sites (N-methyl/N-ethyl adjacent to an activating group) is 1. The van der Waals surface area contributed by atoms with Crippen molar-refractivity contribution in [1.29, 1.82) is 0 Å². The topological polar surface area (TPSA) is 3.24 Å². The van der Waals surface area contributed by atoms with E-state index in [4.69, 9.17) is 0 Å². The Morgan fingerprint density at radius 1 is 1.36 bits per heavy atom. The van der Waals surface area contributed by atoms with E-state index in [2.05, 4.69) is 0 Å². The molecule has 0 fully saturated rings. The van der Waals surface area contributed by atoms with Gasteiger partial charge in [-0.15, -0.1) is 0 Å². The zero-order chi connectivity index (χ0) is 10.1. The van der Waals surface area contributed by atoms with E-state index in [9.17, 15) is 8.78 Å². The average molecular weight is 195 g/mol. The highest BCUT2D eigenvalue weighted by atomic mass is 19.3. The zero-order valence-electron chi connectivity index (χ0n) is 7.87. The van der Waals surface area contributed by atoms with E-state index in [0.717, 1.165) is 17.8 Å². The first-order valence-corrected chi connectivity index (χ1v) is 4.48. The molecule has 1 aromatic carbocycles. The van der Waals surface area contributed by atoms with E-state index in [1.165, 1.54) is 6.07 Å². The van der Waals surface area contributed by atoms with Crippen LogP contribution in [0.2, 0.25) is 0 Å². The predicted molar refractivity (Wildman–Crippen MR) is 53.7 cm³/mol. The summed E-state index contributed by atoms with van der Waals surface area (Å²) in [5.74, 6) is 0. The summed E-state index contributed by atoms with van der Waals surface area (Å²) in [5.41, 5.74) is 1.97. The Morgan fingerprint density at radius 2 is 2.14 bits per heavy atom. The number of alkyl halides is 2. The maximum Gasteiger partial charge on any atom is 0.263 e. The molecule has 1 heterocycles. The largest absolute Gasteiger partial charge is 0.370 e. The minimum absolute atomic E-state index is 0.0888. The van der Waals surface area contributed by atoms with Crippen molar-refractivity contribution in [1.82, 2.24) is 0 Å². The van der Waals surface area contributed by atoms with Crippen molar-refractivity contribution in [2.75, 3.05) is 18.5 Å². The Balaban J connectivity index is 2.47. The number of halogens is 2. The lowest BCUT2D eigenvalue weighted by Crippen LogP contribution is -2.20. The van der Waals surface area contributed by atoms with Crippen LogP contribution in [0.15, 0.2) is 24.3 Å². The van der Waals surface area contributed by atoms with Crippen LogP contribution in [0.4, 0.5) is 14.5 Å². The Bertz CT molecular complexity index is 372. The molecular weight excluding hydrogens is 184 g/mol. The molecule has 0 unspecified atom stereocenters. The number of nitrogens with zero attached hydrogens (tertiary/aromatic N) is 1. The zero-order valence-corrected chi connectivity index (χ0v) is 7.87. The molecule has 0 aromatic heterocycles. The highest BCUT2D eigenvalue weighted by molar-refractivity contribution is 5.71. The molecule has 1 aliphatic rings. The number of hydrogen-bond donors (Lipinski definition) is 0. The van der Waals surface area contributed by atoms with E-state index < -0.39 is 6.43 Å². The summed E-state index contributed by atoms with van der Waals surface area (Å²) in [6.07, 6.45) is 1.59. The first-order valence-electron chi connectivity index (χ1n) is 4.48. The summed E-state index contributed by atoms with van der Waals surface area (Å²) in [7, 11) is 1.90. The summed E-state index contributed by atoms with van der Waals surface area (Å²) in [6.45, 7) is 0.777. The van der Waals surface area contributed by atoms with Crippen molar-refractivity contribution in [3.63, 3.8) is 0 Å². The number of benzene rings is 1. The number of anilines is 1. The van der Waals surface area contributed by atoms with Crippen LogP contribution in [-0.4, -0.2) is 13.6 Å². The Hall–Kier alpha value is -1.38. The first kappa shape index (κ1) is 9.19. The van der Waals surface area contributed by atoms with Gasteiger partial charge < -0.3 is 4.90 Å². The molecule has 0 aliphatic carbocycles. The molecule has 3 heteroatoms. The number of hydrogen-bond acceptors (Lipinski definition) is 1. The van der Waals surface area contributed by atoms with Crippen LogP contribution >= 0.6 is 0 Å². The third-order valence-corrected chi connectivity index (χ3v) is 2.39. The lowest BCUT2D eigenvalue weighted by atomic mass is 10.1. The SMILES string of the molecule is CN1CC=Cc2ccc(C(F)F)cc21. The second-order valence-electron chi connectivity index (χ2n) is 3.40. The van der Waals surface area contributed by atoms with Crippen molar-refractivity contribution in [2.24, 2.45) is 0 Å². The smallest absolute Gasteiger partial charge is 0.263 e. The fourth-order valence-corrected chi connectivity index (χ4v) is 1.60. The Morgan fingerprint density at radius 3 is 2.86 bits per heavy atom. The molecule has 0 N–H and O–H groups in total. The maximum atomic E-state index is 12.4. The second kappa shape index (κ2) is 3.40. The molecule has 0 radical (unpaired) electrons. The van der Waals surface area contributed by atoms with Crippen LogP contribution in [0, 0.1) is 0 Å². The van der Waals surface area contributed by atoms with Crippen LogP contribution in [-0.2, 0) is 0 Å². The lowest BCUT2D eigenvalue weighted by Gasteiger charge is -2.24. The van der Waals surface area contributed by atoms with Gasteiger partial charge in [-0.3, -0.25) is 0 Å². The Kier molecular flexibility index (Phi) is 2.23. The van der Waals surface area contributed by atoms with Crippen molar-refractivity contribution in [2.45, 2.75) is 6.43 Å². The van der Waals surface area contributed by atoms with Gasteiger partial charge >= 0.3 is 0 Å². The van der Waals surface area contributed by atoms with Crippen molar-refractivity contribution < 1.29 is 8.78 Å². The van der Waals surface area contributed by atoms with Crippen LogP contribution in [0.5, 0.6) is 0 Å². The highest BCUT2D eigenvalue weighted by Gasteiger charge is 2.13. The fourth-order valence-electron chi connectivity index (χ4n) is 1.60. The van der Waals surface area contributed by atoms with Gasteiger partial charge in [0.2, 0.25) is 0 Å². The molecule has 1 aliphatic heterocycles. The summed E-state index contributed by atoms with van der Waals surface area (Å²) >= 11 is 0. The van der Waals surface area contributed by atoms with E-state index in [-0.39, 0.29) is 5.56 Å². The minimum Gasteiger partial charge on any atom is -0.370 e. The minimum atomic E-state index is -2.39. The van der Waals surface area contributed by atoms with Gasteiger partial charge in [-0.25, -0.2) is 8.78 Å². The number of fused-ring (bicyclic) bond motifs is 1. The van der Waals surface area contributed by atoms with Crippen molar-refractivity contribution >= 4 is 11.8 Å². The number of rotatable bonds is 1. The molecule has 0 bridgehead atoms. The van der Waals surface area contributed by atoms with Gasteiger partial charge in [0.15, 0.2) is 0 Å². The second-order valence-corrected chi connectivity index (χ2v) is 3.40. The van der Waals surface area contributed by atoms with Crippen LogP contribution < -0.4 is 4.90 Å². The van der Waals surface area contributed by atoms with E-state index in [1.807, 2.05) is 24.1 Å². The highest BCUT2D eigenvalue weighted by Crippen LogP contribution is 2.29. The first-order chi connectivity index (χ1) is 6.68. The third-order valence-electron chi connectivity index (χ3n) is 2.39. The van der Waals surface area contributed by atoms with E-state index in [0.29, 0.717) is 0 Å². The molecule has 0 amide bonds. The fraction of sp³-hybridized carbons (Fsp3) is 0.273. The lowest BCUT2D eigenvalue weighted by molar-refractivity contribution is 0.151. The monoisotopic (exact) mass is 195 g/mol. The summed E-state index contributed by atoms with van der Waals surface area (Å²) in [4.78, 5) is 1.96. The molecule has 14 heavy (non-hydrogen) atoms. The molecule has 1 nitrogen and oxygen atoms in total. The molecule has 2 rings (SSSR count). The van der Waals surface area contributed by atoms with E-state index in [1.54, 1.807) is 12.1 Å². The van der Waals surface area contributed by atoms with Gasteiger partial charge in [-0.05, 0) is 11.6 Å². The van der Waals surface area contributed by atoms with Crippen molar-refractivity contribution in [3.05, 3.63) is 35.4 Å². The van der Waals surface area contributed by atoms with Crippen LogP contribution in [0.3, 0.4) is 0 Å². The van der Waals surface area contributed by atoms with Gasteiger partial charge in [-0.1, -0.05) is 24.3 Å². The molecule has 0 spiro atoms. The van der Waals surface area contributed by atoms with Gasteiger partial charge in [-0.2, -0.15) is 0 Å². The molecule has 0 atom stereocenters. The molecule has 1 aromatic rings. The molecule has 0 saturated carbocycles. The summed E-state index contributed by atoms with van der Waals surface area (Å²) < 4.78 is 24.9. The predicted octanol–water partition coefficient (Wildman–Crippen LogP) is 3.09. The average Bonchev–Trinajstić information content (AvgIpc) is 2.18. The Labute approximate surface area is 81.7 Å². The summed E-state index contributed by atoms with van der Waals surface area (Å²) in [6, 6.07) is 4.78.